The molecule has 1 aromatic heterocycles. The highest BCUT2D eigenvalue weighted by molar-refractivity contribution is 7.17. The van der Waals surface area contributed by atoms with Crippen LogP contribution in [-0.2, 0) is 9.47 Å². The van der Waals surface area contributed by atoms with Crippen molar-refractivity contribution in [2.45, 2.75) is 13.2 Å². The topological polar surface area (TPSA) is 86.5 Å². The van der Waals surface area contributed by atoms with Gasteiger partial charge in [-0.3, -0.25) is 4.79 Å². The van der Waals surface area contributed by atoms with Gasteiger partial charge in [0.15, 0.2) is 11.4 Å². The van der Waals surface area contributed by atoms with Crippen molar-refractivity contribution >= 4 is 28.1 Å². The first-order chi connectivity index (χ1) is 10.1. The molecule has 3 rings (SSSR count). The number of hydrogen-bond donors (Lipinski definition) is 2. The molecule has 2 aromatic rings. The van der Waals surface area contributed by atoms with E-state index in [1.54, 1.807) is 6.92 Å². The number of nitrogen functional groups attached to an aromatic ring is 1. The van der Waals surface area contributed by atoms with Crippen molar-refractivity contribution in [2.24, 2.45) is 0 Å². The summed E-state index contributed by atoms with van der Waals surface area (Å²) in [5, 5.41) is 3.22. The molecule has 0 spiro atoms. The molecule has 1 aliphatic rings. The molecular formula is C14H15N3O3S. The van der Waals surface area contributed by atoms with Crippen LogP contribution in [0, 0.1) is 6.92 Å². The Bertz CT molecular complexity index is 648. The third kappa shape index (κ3) is 3.05. The molecule has 1 aromatic carbocycles. The zero-order chi connectivity index (χ0) is 14.8. The van der Waals surface area contributed by atoms with Crippen LogP contribution in [0.5, 0.6) is 0 Å². The smallest absolute Gasteiger partial charge is 0.267 e. The van der Waals surface area contributed by atoms with Crippen molar-refractivity contribution in [1.82, 2.24) is 4.98 Å². The Balaban J connectivity index is 1.70. The fraction of sp³-hybridized carbons (Fsp3) is 0.286. The van der Waals surface area contributed by atoms with Crippen LogP contribution in [0.1, 0.15) is 27.2 Å². The molecule has 110 valence electrons. The first kappa shape index (κ1) is 14.0. The molecule has 6 nitrogen and oxygen atoms in total. The molecule has 1 aliphatic heterocycles. The Morgan fingerprint density at radius 3 is 2.57 bits per heavy atom. The molecule has 3 N–H and O–H groups in total. The van der Waals surface area contributed by atoms with E-state index in [2.05, 4.69) is 10.3 Å². The highest BCUT2D eigenvalue weighted by Crippen LogP contribution is 2.25. The SMILES string of the molecule is Cc1nc(N)sc1C(=O)Nc1ccc(C2OCCO2)cc1. The Morgan fingerprint density at radius 1 is 1.33 bits per heavy atom. The number of amides is 1. The molecule has 1 saturated heterocycles. The maximum atomic E-state index is 12.1. The highest BCUT2D eigenvalue weighted by atomic mass is 32.1. The molecule has 1 amide bonds. The van der Waals surface area contributed by atoms with Crippen molar-refractivity contribution < 1.29 is 14.3 Å². The lowest BCUT2D eigenvalue weighted by Gasteiger charge is -2.10. The van der Waals surface area contributed by atoms with Gasteiger partial charge in [0.1, 0.15) is 4.88 Å². The van der Waals surface area contributed by atoms with Gasteiger partial charge >= 0.3 is 0 Å². The molecule has 21 heavy (non-hydrogen) atoms. The van der Waals surface area contributed by atoms with E-state index in [-0.39, 0.29) is 12.2 Å². The van der Waals surface area contributed by atoms with Crippen molar-refractivity contribution in [3.05, 3.63) is 40.4 Å². The Morgan fingerprint density at radius 2 is 2.00 bits per heavy atom. The Labute approximate surface area is 125 Å². The predicted molar refractivity (Wildman–Crippen MR) is 80.3 cm³/mol. The largest absolute Gasteiger partial charge is 0.375 e. The van der Waals surface area contributed by atoms with Gasteiger partial charge in [-0.25, -0.2) is 4.98 Å². The maximum Gasteiger partial charge on any atom is 0.267 e. The Kier molecular flexibility index (Phi) is 3.87. The van der Waals surface area contributed by atoms with Crippen molar-refractivity contribution in [1.29, 1.82) is 0 Å². The van der Waals surface area contributed by atoms with Gasteiger partial charge in [0.2, 0.25) is 0 Å². The van der Waals surface area contributed by atoms with Gasteiger partial charge in [-0.15, -0.1) is 0 Å². The number of thiazole rings is 1. The minimum atomic E-state index is -0.307. The molecule has 1 fully saturated rings. The number of aromatic nitrogens is 1. The molecule has 0 saturated carbocycles. The van der Waals surface area contributed by atoms with Crippen LogP contribution < -0.4 is 11.1 Å². The Hall–Kier alpha value is -1.96. The quantitative estimate of drug-likeness (QED) is 0.909. The number of aryl methyl sites for hydroxylation is 1. The summed E-state index contributed by atoms with van der Waals surface area (Å²) in [5.74, 6) is -0.206. The molecule has 0 unspecified atom stereocenters. The van der Waals surface area contributed by atoms with E-state index in [9.17, 15) is 4.79 Å². The van der Waals surface area contributed by atoms with Crippen LogP contribution in [0.25, 0.3) is 0 Å². The van der Waals surface area contributed by atoms with E-state index in [1.165, 1.54) is 11.3 Å². The van der Waals surface area contributed by atoms with Gasteiger partial charge in [0.25, 0.3) is 5.91 Å². The summed E-state index contributed by atoms with van der Waals surface area (Å²) in [5.41, 5.74) is 7.87. The van der Waals surface area contributed by atoms with Gasteiger partial charge in [-0.2, -0.15) is 0 Å². The van der Waals surface area contributed by atoms with Crippen LogP contribution in [0.15, 0.2) is 24.3 Å². The number of nitrogens with two attached hydrogens (primary N) is 1. The van der Waals surface area contributed by atoms with Gasteiger partial charge in [-0.05, 0) is 19.1 Å². The van der Waals surface area contributed by atoms with E-state index < -0.39 is 0 Å². The normalized spacial score (nSPS) is 15.3. The zero-order valence-electron chi connectivity index (χ0n) is 11.5. The summed E-state index contributed by atoms with van der Waals surface area (Å²) in [4.78, 5) is 16.7. The van der Waals surface area contributed by atoms with Crippen LogP contribution in [-0.4, -0.2) is 24.1 Å². The standard InChI is InChI=1S/C14H15N3O3S/c1-8-11(21-14(15)16-8)12(18)17-10-4-2-9(3-5-10)13-19-6-7-20-13/h2-5,13H,6-7H2,1H3,(H2,15,16)(H,17,18). The number of carbonyl (C=O) groups excluding carboxylic acids is 1. The monoisotopic (exact) mass is 305 g/mol. The van der Waals surface area contributed by atoms with E-state index in [1.807, 2.05) is 24.3 Å². The summed E-state index contributed by atoms with van der Waals surface area (Å²) >= 11 is 1.18. The first-order valence-electron chi connectivity index (χ1n) is 6.51. The summed E-state index contributed by atoms with van der Waals surface area (Å²) in [7, 11) is 0. The third-order valence-electron chi connectivity index (χ3n) is 3.08. The fourth-order valence-corrected chi connectivity index (χ4v) is 2.82. The lowest BCUT2D eigenvalue weighted by Crippen LogP contribution is -2.11. The number of nitrogens with one attached hydrogen (secondary N) is 1. The maximum absolute atomic E-state index is 12.1. The van der Waals surface area contributed by atoms with Crippen LogP contribution in [0.2, 0.25) is 0 Å². The lowest BCUT2D eigenvalue weighted by atomic mass is 10.2. The van der Waals surface area contributed by atoms with Gasteiger partial charge in [-0.1, -0.05) is 23.5 Å². The number of rotatable bonds is 3. The molecule has 0 aliphatic carbocycles. The number of carbonyl (C=O) groups is 1. The van der Waals surface area contributed by atoms with E-state index in [0.717, 1.165) is 5.56 Å². The zero-order valence-corrected chi connectivity index (χ0v) is 12.3. The van der Waals surface area contributed by atoms with Crippen LogP contribution in [0.3, 0.4) is 0 Å². The van der Waals surface area contributed by atoms with Crippen LogP contribution >= 0.6 is 11.3 Å². The number of ether oxygens (including phenoxy) is 2. The van der Waals surface area contributed by atoms with Crippen molar-refractivity contribution in [2.75, 3.05) is 24.3 Å². The summed E-state index contributed by atoms with van der Waals surface area (Å²) in [6, 6.07) is 7.38. The summed E-state index contributed by atoms with van der Waals surface area (Å²) < 4.78 is 10.8. The average molecular weight is 305 g/mol. The molecule has 7 heteroatoms. The van der Waals surface area contributed by atoms with Gasteiger partial charge in [0.05, 0.1) is 18.9 Å². The molecule has 0 radical (unpaired) electrons. The molecule has 0 atom stereocenters. The third-order valence-corrected chi connectivity index (χ3v) is 4.07. The fourth-order valence-electron chi connectivity index (χ4n) is 2.09. The van der Waals surface area contributed by atoms with Gasteiger partial charge < -0.3 is 20.5 Å². The van der Waals surface area contributed by atoms with E-state index >= 15 is 0 Å². The number of hydrogen-bond acceptors (Lipinski definition) is 6. The number of nitrogens with zero attached hydrogens (tertiary/aromatic N) is 1. The van der Waals surface area contributed by atoms with Crippen LogP contribution in [0.4, 0.5) is 10.8 Å². The highest BCUT2D eigenvalue weighted by Gasteiger charge is 2.18. The van der Waals surface area contributed by atoms with Crippen molar-refractivity contribution in [3.8, 4) is 0 Å². The predicted octanol–water partition coefficient (Wildman–Crippen LogP) is 2.33. The van der Waals surface area contributed by atoms with E-state index in [0.29, 0.717) is 34.6 Å². The number of benzene rings is 1. The lowest BCUT2D eigenvalue weighted by molar-refractivity contribution is -0.0441. The average Bonchev–Trinajstić information content (AvgIpc) is 3.09. The van der Waals surface area contributed by atoms with E-state index in [4.69, 9.17) is 15.2 Å². The second-order valence-corrected chi connectivity index (χ2v) is 5.65. The van der Waals surface area contributed by atoms with Crippen molar-refractivity contribution in [3.63, 3.8) is 0 Å². The number of anilines is 2. The van der Waals surface area contributed by atoms with Gasteiger partial charge in [0, 0.05) is 11.3 Å². The molecule has 2 heterocycles. The second-order valence-electron chi connectivity index (χ2n) is 4.62. The minimum absolute atomic E-state index is 0.206. The summed E-state index contributed by atoms with van der Waals surface area (Å²) in [6.07, 6.45) is -0.307. The molecule has 0 bridgehead atoms. The molecular weight excluding hydrogens is 290 g/mol. The second kappa shape index (κ2) is 5.80. The minimum Gasteiger partial charge on any atom is -0.375 e. The summed E-state index contributed by atoms with van der Waals surface area (Å²) in [6.45, 7) is 2.98. The first-order valence-corrected chi connectivity index (χ1v) is 7.32.